The van der Waals surface area contributed by atoms with Gasteiger partial charge in [-0.1, -0.05) is 6.58 Å². The van der Waals surface area contributed by atoms with Crippen LogP contribution in [0.4, 0.5) is 13.2 Å². The highest BCUT2D eigenvalue weighted by atomic mass is 32.2. The van der Waals surface area contributed by atoms with E-state index in [1.807, 2.05) is 0 Å². The minimum Gasteiger partial charge on any atom is -0.459 e. The Morgan fingerprint density at radius 3 is 2.30 bits per heavy atom. The lowest BCUT2D eigenvalue weighted by atomic mass is 9.71. The van der Waals surface area contributed by atoms with Gasteiger partial charge >= 0.3 is 12.1 Å². The third kappa shape index (κ3) is 4.65. The van der Waals surface area contributed by atoms with Crippen molar-refractivity contribution in [2.24, 2.45) is 17.3 Å². The Balaban J connectivity index is 2.01. The van der Waals surface area contributed by atoms with Crippen molar-refractivity contribution < 1.29 is 40.0 Å². The predicted molar refractivity (Wildman–Crippen MR) is 90.0 cm³/mol. The molecule has 2 saturated carbocycles. The molecule has 0 N–H and O–H groups in total. The Hall–Kier alpha value is -1.13. The van der Waals surface area contributed by atoms with Crippen molar-refractivity contribution >= 4 is 16.1 Å². The van der Waals surface area contributed by atoms with Crippen molar-refractivity contribution in [1.82, 2.24) is 0 Å². The molecule has 2 bridgehead atoms. The fraction of sp³-hybridized carbons (Fsp3) is 0.824. The van der Waals surface area contributed by atoms with Crippen molar-refractivity contribution in [1.29, 1.82) is 0 Å². The number of fused-ring (bicyclic) bond motifs is 2. The summed E-state index contributed by atoms with van der Waals surface area (Å²) in [6, 6.07) is 0. The van der Waals surface area contributed by atoms with Crippen LogP contribution < -0.4 is 0 Å². The molecule has 0 amide bonds. The molecule has 2 rings (SSSR count). The first kappa shape index (κ1) is 22.2. The van der Waals surface area contributed by atoms with Gasteiger partial charge in [0.1, 0.15) is 5.60 Å². The normalized spacial score (nSPS) is 31.1. The number of hydrogen-bond donors (Lipinski definition) is 0. The van der Waals surface area contributed by atoms with Crippen molar-refractivity contribution in [2.45, 2.75) is 57.9 Å². The number of rotatable bonds is 7. The van der Waals surface area contributed by atoms with Crippen LogP contribution in [0, 0.1) is 17.3 Å². The second-order valence-electron chi connectivity index (χ2n) is 7.99. The number of alkyl halides is 3. The van der Waals surface area contributed by atoms with Gasteiger partial charge in [-0.05, 0) is 51.9 Å². The van der Waals surface area contributed by atoms with Gasteiger partial charge in [0.15, 0.2) is 5.41 Å². The summed E-state index contributed by atoms with van der Waals surface area (Å²) in [6.07, 6.45) is -5.27. The van der Waals surface area contributed by atoms with Gasteiger partial charge in [0.2, 0.25) is 0 Å². The summed E-state index contributed by atoms with van der Waals surface area (Å²) in [5, 5.41) is 0.656. The number of carbonyl (C=O) groups is 1. The number of carbonyl (C=O) groups excluding carboxylic acids is 1. The number of halogens is 3. The van der Waals surface area contributed by atoms with E-state index in [2.05, 4.69) is 10.8 Å². The second-order valence-corrected chi connectivity index (χ2v) is 9.55. The third-order valence-electron chi connectivity index (χ3n) is 5.05. The van der Waals surface area contributed by atoms with Gasteiger partial charge in [-0.15, -0.1) is 0 Å². The van der Waals surface area contributed by atoms with E-state index in [0.29, 0.717) is 5.41 Å². The molecule has 0 spiro atoms. The van der Waals surface area contributed by atoms with E-state index < -0.39 is 51.2 Å². The topological polar surface area (TPSA) is 78.9 Å². The molecule has 4 atom stereocenters. The summed E-state index contributed by atoms with van der Waals surface area (Å²) >= 11 is 0. The molecule has 6 nitrogen and oxygen atoms in total. The summed E-state index contributed by atoms with van der Waals surface area (Å²) in [4.78, 5) is 12.5. The molecule has 2 aliphatic carbocycles. The number of hydrogen-bond acceptors (Lipinski definition) is 6. The van der Waals surface area contributed by atoms with Gasteiger partial charge in [0.05, 0.1) is 24.7 Å². The molecule has 4 unspecified atom stereocenters. The van der Waals surface area contributed by atoms with Crippen LogP contribution in [0.2, 0.25) is 0 Å². The van der Waals surface area contributed by atoms with Gasteiger partial charge in [-0.25, -0.2) is 0 Å². The molecule has 0 heterocycles. The van der Waals surface area contributed by atoms with Crippen LogP contribution in [-0.4, -0.2) is 45.5 Å². The Bertz CT molecular complexity index is 682. The first-order valence-electron chi connectivity index (χ1n) is 8.65. The summed E-state index contributed by atoms with van der Waals surface area (Å²) in [5.41, 5.74) is -3.52. The lowest BCUT2D eigenvalue weighted by molar-refractivity contribution is -0.256. The summed E-state index contributed by atoms with van der Waals surface area (Å²) in [6.45, 7) is 7.37. The average Bonchev–Trinajstić information content (AvgIpc) is 3.07. The number of ether oxygens (including phenoxy) is 2. The van der Waals surface area contributed by atoms with Crippen LogP contribution >= 0.6 is 0 Å². The molecular weight excluding hydrogens is 389 g/mol. The summed E-state index contributed by atoms with van der Waals surface area (Å²) < 4.78 is 79.1. The van der Waals surface area contributed by atoms with Gasteiger partial charge in [0, 0.05) is 0 Å². The molecular formula is C17H25F3O6S. The predicted octanol–water partition coefficient (Wildman–Crippen LogP) is 3.18. The maximum atomic E-state index is 13.9. The van der Waals surface area contributed by atoms with Crippen LogP contribution in [0.15, 0.2) is 12.0 Å². The largest absolute Gasteiger partial charge is 0.459 e. The highest BCUT2D eigenvalue weighted by Gasteiger charge is 2.72. The van der Waals surface area contributed by atoms with Crippen LogP contribution in [0.1, 0.15) is 40.0 Å². The van der Waals surface area contributed by atoms with Crippen molar-refractivity contribution in [2.75, 3.05) is 13.2 Å². The molecule has 10 heteroatoms. The van der Waals surface area contributed by atoms with Crippen molar-refractivity contribution in [3.8, 4) is 0 Å². The van der Waals surface area contributed by atoms with Gasteiger partial charge < -0.3 is 9.47 Å². The van der Waals surface area contributed by atoms with E-state index in [0.717, 1.165) is 0 Å². The maximum Gasteiger partial charge on any atom is 0.405 e. The van der Waals surface area contributed by atoms with Crippen molar-refractivity contribution in [3.63, 3.8) is 0 Å². The Kier molecular flexibility index (Phi) is 6.04. The molecule has 0 saturated heterocycles. The van der Waals surface area contributed by atoms with Crippen LogP contribution in [0.5, 0.6) is 0 Å². The second kappa shape index (κ2) is 7.36. The molecule has 156 valence electrons. The Morgan fingerprint density at radius 1 is 1.22 bits per heavy atom. The lowest BCUT2D eigenvalue weighted by Crippen LogP contribution is -2.53. The van der Waals surface area contributed by atoms with E-state index in [9.17, 15) is 26.4 Å². The van der Waals surface area contributed by atoms with E-state index in [-0.39, 0.29) is 32.5 Å². The van der Waals surface area contributed by atoms with Gasteiger partial charge in [-0.2, -0.15) is 21.6 Å². The smallest absolute Gasteiger partial charge is 0.405 e. The van der Waals surface area contributed by atoms with Crippen LogP contribution in [-0.2, 0) is 28.6 Å². The number of esters is 1. The first-order valence-corrected chi connectivity index (χ1v) is 10.1. The molecule has 0 aromatic rings. The molecule has 0 aromatic heterocycles. The monoisotopic (exact) mass is 414 g/mol. The highest BCUT2D eigenvalue weighted by Crippen LogP contribution is 2.63. The van der Waals surface area contributed by atoms with E-state index in [1.54, 1.807) is 0 Å². The maximum absolute atomic E-state index is 13.9. The Morgan fingerprint density at radius 2 is 1.85 bits per heavy atom. The zero-order chi connectivity index (χ0) is 20.7. The zero-order valence-corrected chi connectivity index (χ0v) is 16.4. The minimum absolute atomic E-state index is 0.0671. The SMILES string of the molecule is C=CS(=O)(=O)OCCOC1CC2CC1CC2(C(=O)OC(C)(C)C)C(F)(F)F. The molecule has 0 aliphatic heterocycles. The standard InChI is InChI=1S/C17H25F3O6S/c1-5-27(22,23)25-7-6-24-13-9-12-8-11(13)10-16(12,17(18,19)20)14(21)26-15(2,3)4/h5,11-13H,1,6-10H2,2-4H3. The summed E-state index contributed by atoms with van der Waals surface area (Å²) in [7, 11) is -3.82. The third-order valence-corrected chi connectivity index (χ3v) is 5.95. The quantitative estimate of drug-likeness (QED) is 0.362. The van der Waals surface area contributed by atoms with E-state index in [1.165, 1.54) is 20.8 Å². The van der Waals surface area contributed by atoms with Gasteiger partial charge in [-0.3, -0.25) is 8.98 Å². The van der Waals surface area contributed by atoms with Crippen LogP contribution in [0.3, 0.4) is 0 Å². The zero-order valence-electron chi connectivity index (χ0n) is 15.5. The van der Waals surface area contributed by atoms with E-state index in [4.69, 9.17) is 9.47 Å². The fourth-order valence-corrected chi connectivity index (χ4v) is 4.36. The van der Waals surface area contributed by atoms with E-state index >= 15 is 0 Å². The summed E-state index contributed by atoms with van der Waals surface area (Å²) in [5.74, 6) is -2.59. The molecule has 0 aromatic carbocycles. The molecule has 2 fully saturated rings. The molecule has 2 aliphatic rings. The first-order chi connectivity index (χ1) is 12.2. The van der Waals surface area contributed by atoms with Crippen LogP contribution in [0.25, 0.3) is 0 Å². The van der Waals surface area contributed by atoms with Gasteiger partial charge in [0.25, 0.3) is 10.1 Å². The fourth-order valence-electron chi connectivity index (χ4n) is 3.97. The Labute approximate surface area is 157 Å². The average molecular weight is 414 g/mol. The lowest BCUT2D eigenvalue weighted by Gasteiger charge is -2.40. The highest BCUT2D eigenvalue weighted by molar-refractivity contribution is 7.89. The molecule has 0 radical (unpaired) electrons. The minimum atomic E-state index is -4.71. The molecule has 27 heavy (non-hydrogen) atoms. The van der Waals surface area contributed by atoms with Crippen molar-refractivity contribution in [3.05, 3.63) is 12.0 Å².